The van der Waals surface area contributed by atoms with E-state index >= 15 is 0 Å². The predicted molar refractivity (Wildman–Crippen MR) is 206 cm³/mol. The van der Waals surface area contributed by atoms with Gasteiger partial charge in [-0.1, -0.05) is 12.1 Å². The molecule has 0 aliphatic heterocycles. The maximum Gasteiger partial charge on any atom is 0.245 e. The topological polar surface area (TPSA) is 437 Å². The molecule has 336 valence electrons. The molecule has 0 radical (unpaired) electrons. The molecule has 0 unspecified atom stereocenters. The Morgan fingerprint density at radius 3 is 1.25 bits per heavy atom. The molecule has 25 nitrogen and oxygen atoms in total. The van der Waals surface area contributed by atoms with Gasteiger partial charge in [0, 0.05) is 6.42 Å². The number of phenolic OH excluding ortho intramolecular Hbond substituents is 1. The molecule has 9 amide bonds. The number of primary amides is 2. The highest BCUT2D eigenvalue weighted by Crippen LogP contribution is 2.12. The number of rotatable bonds is 24. The van der Waals surface area contributed by atoms with E-state index in [0.717, 1.165) is 27.7 Å². The summed E-state index contributed by atoms with van der Waals surface area (Å²) in [5, 5.41) is 75.4. The Morgan fingerprint density at radius 1 is 0.517 bits per heavy atom. The van der Waals surface area contributed by atoms with Crippen molar-refractivity contribution in [2.45, 2.75) is 120 Å². The largest absolute Gasteiger partial charge is 0.508 e. The average molecular weight is 856 g/mol. The quantitative estimate of drug-likeness (QED) is 0.0459. The second-order valence-corrected chi connectivity index (χ2v) is 14.0. The fraction of sp³-hybridized carbons (Fsp3) is 0.571. The van der Waals surface area contributed by atoms with E-state index in [0.29, 0.717) is 5.56 Å². The third-order valence-corrected chi connectivity index (χ3v) is 8.55. The van der Waals surface area contributed by atoms with Gasteiger partial charge in [-0.25, -0.2) is 0 Å². The minimum Gasteiger partial charge on any atom is -0.508 e. The first-order valence-electron chi connectivity index (χ1n) is 18.4. The Kier molecular flexibility index (Phi) is 21.0. The molecule has 0 spiro atoms. The van der Waals surface area contributed by atoms with Crippen LogP contribution in [0.5, 0.6) is 5.75 Å². The second-order valence-electron chi connectivity index (χ2n) is 14.0. The van der Waals surface area contributed by atoms with Gasteiger partial charge >= 0.3 is 0 Å². The first kappa shape index (κ1) is 52.0. The third kappa shape index (κ3) is 16.7. The zero-order valence-electron chi connectivity index (χ0n) is 33.4. The van der Waals surface area contributed by atoms with E-state index in [-0.39, 0.29) is 12.2 Å². The van der Waals surface area contributed by atoms with E-state index in [1.807, 2.05) is 0 Å². The van der Waals surface area contributed by atoms with Crippen molar-refractivity contribution in [3.8, 4) is 5.75 Å². The van der Waals surface area contributed by atoms with Crippen molar-refractivity contribution >= 4 is 53.2 Å². The van der Waals surface area contributed by atoms with Crippen molar-refractivity contribution in [1.82, 2.24) is 37.2 Å². The summed E-state index contributed by atoms with van der Waals surface area (Å²) in [6.45, 7) is 4.64. The van der Waals surface area contributed by atoms with Crippen LogP contribution in [0.15, 0.2) is 24.3 Å². The maximum atomic E-state index is 13.6. The summed E-state index contributed by atoms with van der Waals surface area (Å²) in [6, 6.07) is -8.26. The zero-order valence-corrected chi connectivity index (χ0v) is 33.4. The van der Waals surface area contributed by atoms with Crippen LogP contribution in [0.4, 0.5) is 0 Å². The maximum absolute atomic E-state index is 13.6. The molecular formula is C35H56N10O15. The molecule has 0 aliphatic carbocycles. The Morgan fingerprint density at radius 2 is 0.867 bits per heavy atom. The van der Waals surface area contributed by atoms with Gasteiger partial charge in [-0.05, 0) is 52.3 Å². The lowest BCUT2D eigenvalue weighted by Crippen LogP contribution is -2.64. The van der Waals surface area contributed by atoms with Crippen molar-refractivity contribution in [3.63, 3.8) is 0 Å². The Balaban J connectivity index is 3.33. The molecule has 0 saturated heterocycles. The van der Waals surface area contributed by atoms with E-state index in [1.165, 1.54) is 31.2 Å². The summed E-state index contributed by atoms with van der Waals surface area (Å²) < 4.78 is 0. The van der Waals surface area contributed by atoms with Gasteiger partial charge in [-0.15, -0.1) is 0 Å². The van der Waals surface area contributed by atoms with Gasteiger partial charge in [0.05, 0.1) is 43.5 Å². The van der Waals surface area contributed by atoms with Crippen molar-refractivity contribution in [3.05, 3.63) is 29.8 Å². The normalized spacial score (nSPS) is 17.1. The van der Waals surface area contributed by atoms with Crippen molar-refractivity contribution in [2.24, 2.45) is 17.2 Å². The van der Waals surface area contributed by atoms with Crippen LogP contribution in [0.25, 0.3) is 0 Å². The Labute approximate surface area is 343 Å². The van der Waals surface area contributed by atoms with Gasteiger partial charge in [0.2, 0.25) is 53.2 Å². The van der Waals surface area contributed by atoms with Gasteiger partial charge in [0.15, 0.2) is 0 Å². The number of hydrogen-bond donors (Lipinski definition) is 16. The molecule has 60 heavy (non-hydrogen) atoms. The molecule has 25 heteroatoms. The van der Waals surface area contributed by atoms with Crippen molar-refractivity contribution in [2.75, 3.05) is 6.61 Å². The number of nitrogens with one attached hydrogen (secondary N) is 7. The van der Waals surface area contributed by atoms with Crippen LogP contribution >= 0.6 is 0 Å². The number of benzene rings is 1. The highest BCUT2D eigenvalue weighted by Gasteiger charge is 2.38. The number of carbonyl (C=O) groups excluding carboxylic acids is 9. The lowest BCUT2D eigenvalue weighted by Gasteiger charge is -2.29. The smallest absolute Gasteiger partial charge is 0.245 e. The fourth-order valence-corrected chi connectivity index (χ4v) is 5.16. The van der Waals surface area contributed by atoms with Crippen LogP contribution in [0.1, 0.15) is 46.6 Å². The standard InChI is InChI=1S/C35H56N10O15/c1-13(36)29(54)41-22(12-46)32(57)43-26(16(4)49)34(59)45-27(17(5)50)35(60)44-25(15(3)48)33(58)40-21(11-23(37)52)30(55)39-20(10-18-6-8-19(51)9-7-18)31(56)42-24(14(2)47)28(38)53/h6-9,13-17,20-22,24-27,46-51H,10-12,36H2,1-5H3,(H2,37,52)(H2,38,53)(H,39,55)(H,40,58)(H,41,54)(H,42,56)(H,43,57)(H,44,60)(H,45,59)/t13-,14-,15-,16-,17-,20+,21+,22+,24+,25+,26+,27+/m1/s1/i29-1. The van der Waals surface area contributed by atoms with Crippen LogP contribution in [-0.4, -0.2) is 163 Å². The molecule has 0 fully saturated rings. The molecule has 1 aromatic carbocycles. The first-order chi connectivity index (χ1) is 27.8. The average Bonchev–Trinajstić information content (AvgIpc) is 3.14. The SMILES string of the molecule is C[C@@H](O)[C@H](NC(=O)[C@H](Cc1ccc(O)cc1)NC(=O)[C@H](CC(N)=O)NC(=O)[C@@H](NC(=O)[C@@H](NC(=O)[C@@H](NC(=O)[C@H](CO)N[11C](=O)[C@@H](C)N)[C@@H](C)O)[C@@H](C)O)[C@@H](C)O)C(N)=O. The van der Waals surface area contributed by atoms with Crippen LogP contribution in [0.3, 0.4) is 0 Å². The molecule has 0 aliphatic rings. The summed E-state index contributed by atoms with van der Waals surface area (Å²) in [6.07, 6.45) is -7.89. The summed E-state index contributed by atoms with van der Waals surface area (Å²) in [5.74, 6) is -10.6. The number of aliphatic hydroxyl groups excluding tert-OH is 5. The fourth-order valence-electron chi connectivity index (χ4n) is 5.16. The van der Waals surface area contributed by atoms with Crippen molar-refractivity contribution < 1.29 is 73.8 Å². The molecular weight excluding hydrogens is 799 g/mol. The highest BCUT2D eigenvalue weighted by atomic mass is 16.3. The number of amides is 9. The zero-order chi connectivity index (χ0) is 46.2. The number of phenols is 1. The molecule has 0 aromatic heterocycles. The minimum absolute atomic E-state index is 0.135. The molecule has 0 heterocycles. The van der Waals surface area contributed by atoms with E-state index in [2.05, 4.69) is 37.2 Å². The molecule has 12 atom stereocenters. The minimum atomic E-state index is -1.98. The number of aromatic hydroxyl groups is 1. The van der Waals surface area contributed by atoms with Crippen LogP contribution < -0.4 is 54.4 Å². The van der Waals surface area contributed by atoms with E-state index < -0.39 is 139 Å². The van der Waals surface area contributed by atoms with Gasteiger partial charge in [0.1, 0.15) is 48.0 Å². The first-order valence-corrected chi connectivity index (χ1v) is 18.4. The Hall–Kier alpha value is -5.99. The number of carbonyl (C=O) groups is 9. The van der Waals surface area contributed by atoms with Crippen LogP contribution in [0, 0.1) is 0 Å². The van der Waals surface area contributed by atoms with E-state index in [1.54, 1.807) is 0 Å². The summed E-state index contributed by atoms with van der Waals surface area (Å²) in [5.41, 5.74) is 16.4. The van der Waals surface area contributed by atoms with E-state index in [9.17, 15) is 73.8 Å². The molecule has 0 bridgehead atoms. The summed E-state index contributed by atoms with van der Waals surface area (Å²) in [4.78, 5) is 116. The number of hydrogen-bond acceptors (Lipinski definition) is 16. The van der Waals surface area contributed by atoms with Crippen molar-refractivity contribution in [1.29, 1.82) is 0 Å². The van der Waals surface area contributed by atoms with Gasteiger partial charge in [0.25, 0.3) is 0 Å². The van der Waals surface area contributed by atoms with Crippen LogP contribution in [-0.2, 0) is 49.6 Å². The molecule has 0 saturated carbocycles. The molecule has 19 N–H and O–H groups in total. The monoisotopic (exact) mass is 855 g/mol. The van der Waals surface area contributed by atoms with Gasteiger partial charge in [-0.3, -0.25) is 43.2 Å². The lowest BCUT2D eigenvalue weighted by molar-refractivity contribution is -0.139. The van der Waals surface area contributed by atoms with E-state index in [4.69, 9.17) is 17.2 Å². The number of nitrogens with two attached hydrogens (primary N) is 3. The summed E-state index contributed by atoms with van der Waals surface area (Å²) in [7, 11) is 0. The van der Waals surface area contributed by atoms with Gasteiger partial charge in [-0.2, -0.15) is 0 Å². The second kappa shape index (κ2) is 24.2. The van der Waals surface area contributed by atoms with Gasteiger partial charge < -0.3 is 85.1 Å². The lowest BCUT2D eigenvalue weighted by atomic mass is 9.90. The predicted octanol–water partition coefficient (Wildman–Crippen LogP) is -8.45. The molecule has 1 aromatic rings. The summed E-state index contributed by atoms with van der Waals surface area (Å²) >= 11 is 0. The van der Waals surface area contributed by atoms with Crippen LogP contribution in [0.2, 0.25) is 0 Å². The highest BCUT2D eigenvalue weighted by molar-refractivity contribution is 5.99. The molecule has 1 rings (SSSR count). The Bertz CT molecular complexity index is 1690. The number of aliphatic hydroxyl groups is 5. The third-order valence-electron chi connectivity index (χ3n) is 8.55.